The summed E-state index contributed by atoms with van der Waals surface area (Å²) in [7, 11) is 2.08. The van der Waals surface area contributed by atoms with Gasteiger partial charge in [0.05, 0.1) is 0 Å². The van der Waals surface area contributed by atoms with E-state index in [0.717, 1.165) is 41.5 Å². The lowest BCUT2D eigenvalue weighted by Gasteiger charge is -2.14. The summed E-state index contributed by atoms with van der Waals surface area (Å²) in [6.45, 7) is 9.76. The number of hydrogen-bond acceptors (Lipinski definition) is 2. The highest BCUT2D eigenvalue weighted by Gasteiger charge is 2.03. The van der Waals surface area contributed by atoms with Crippen LogP contribution in [0.4, 0.5) is 0 Å². The number of nitrogens with zero attached hydrogens (tertiary/aromatic N) is 1. The number of allylic oxidation sites excluding steroid dienone is 3. The molecule has 0 saturated carbocycles. The summed E-state index contributed by atoms with van der Waals surface area (Å²) in [4.78, 5) is 14.4. The van der Waals surface area contributed by atoms with Crippen LogP contribution >= 0.6 is 15.9 Å². The van der Waals surface area contributed by atoms with Gasteiger partial charge in [-0.2, -0.15) is 0 Å². The second-order valence-corrected chi connectivity index (χ2v) is 6.85. The standard InChI is InChI=1S/C20H26BrNO/c1-5-13-22(4)15-17(3)8-6-7-16(2)14-20(23)18-9-11-19(21)12-10-18/h5,8-12,14H,1,6-7,13,15H2,2-4H3/b16-14+,17-8+. The molecule has 0 bridgehead atoms. The Labute approximate surface area is 148 Å². The molecule has 0 aliphatic carbocycles. The van der Waals surface area contributed by atoms with Crippen LogP contribution in [0.15, 0.2) is 64.7 Å². The van der Waals surface area contributed by atoms with E-state index in [-0.39, 0.29) is 5.78 Å². The Bertz CT molecular complexity index is 584. The van der Waals surface area contributed by atoms with E-state index >= 15 is 0 Å². The number of carbonyl (C=O) groups is 1. The molecule has 23 heavy (non-hydrogen) atoms. The van der Waals surface area contributed by atoms with Crippen LogP contribution in [-0.2, 0) is 0 Å². The summed E-state index contributed by atoms with van der Waals surface area (Å²) < 4.78 is 0.983. The van der Waals surface area contributed by atoms with Crippen molar-refractivity contribution in [2.75, 3.05) is 20.1 Å². The maximum atomic E-state index is 12.2. The number of rotatable bonds is 9. The minimum absolute atomic E-state index is 0.0708. The zero-order chi connectivity index (χ0) is 17.2. The largest absolute Gasteiger partial charge is 0.299 e. The van der Waals surface area contributed by atoms with Gasteiger partial charge in [0.1, 0.15) is 0 Å². The molecule has 0 heterocycles. The van der Waals surface area contributed by atoms with Crippen LogP contribution in [0.1, 0.15) is 37.0 Å². The maximum absolute atomic E-state index is 12.2. The Morgan fingerprint density at radius 1 is 1.22 bits per heavy atom. The molecule has 0 radical (unpaired) electrons. The van der Waals surface area contributed by atoms with Crippen molar-refractivity contribution in [3.05, 3.63) is 70.3 Å². The minimum Gasteiger partial charge on any atom is -0.299 e. The van der Waals surface area contributed by atoms with E-state index < -0.39 is 0 Å². The number of carbonyl (C=O) groups excluding carboxylic acids is 1. The molecule has 0 aromatic heterocycles. The van der Waals surface area contributed by atoms with Crippen molar-refractivity contribution < 1.29 is 4.79 Å². The number of hydrogen-bond donors (Lipinski definition) is 0. The van der Waals surface area contributed by atoms with Crippen LogP contribution in [-0.4, -0.2) is 30.8 Å². The van der Waals surface area contributed by atoms with E-state index in [9.17, 15) is 4.79 Å². The summed E-state index contributed by atoms with van der Waals surface area (Å²) in [5.74, 6) is 0.0708. The van der Waals surface area contributed by atoms with Crippen molar-refractivity contribution in [3.8, 4) is 0 Å². The topological polar surface area (TPSA) is 20.3 Å². The van der Waals surface area contributed by atoms with Crippen molar-refractivity contribution in [1.82, 2.24) is 4.90 Å². The fourth-order valence-corrected chi connectivity index (χ4v) is 2.58. The predicted octanol–water partition coefficient (Wildman–Crippen LogP) is 5.42. The zero-order valence-electron chi connectivity index (χ0n) is 14.3. The van der Waals surface area contributed by atoms with Crippen LogP contribution in [0.3, 0.4) is 0 Å². The second kappa shape index (κ2) is 10.3. The van der Waals surface area contributed by atoms with Gasteiger partial charge < -0.3 is 0 Å². The number of ketones is 1. The Morgan fingerprint density at radius 2 is 1.87 bits per heavy atom. The third-order valence-electron chi connectivity index (χ3n) is 3.50. The summed E-state index contributed by atoms with van der Waals surface area (Å²) in [5.41, 5.74) is 3.19. The van der Waals surface area contributed by atoms with Gasteiger partial charge in [0.2, 0.25) is 0 Å². The lowest BCUT2D eigenvalue weighted by molar-refractivity contribution is 0.104. The average Bonchev–Trinajstić information content (AvgIpc) is 2.47. The molecule has 0 atom stereocenters. The molecule has 3 heteroatoms. The van der Waals surface area contributed by atoms with E-state index in [1.165, 1.54) is 5.57 Å². The summed E-state index contributed by atoms with van der Waals surface area (Å²) in [6.07, 6.45) is 7.78. The van der Waals surface area contributed by atoms with Gasteiger partial charge in [-0.25, -0.2) is 0 Å². The van der Waals surface area contributed by atoms with Crippen molar-refractivity contribution >= 4 is 21.7 Å². The van der Waals surface area contributed by atoms with Crippen LogP contribution in [0.2, 0.25) is 0 Å². The van der Waals surface area contributed by atoms with Gasteiger partial charge in [-0.05, 0) is 64.1 Å². The zero-order valence-corrected chi connectivity index (χ0v) is 15.9. The second-order valence-electron chi connectivity index (χ2n) is 5.94. The van der Waals surface area contributed by atoms with Crippen molar-refractivity contribution in [3.63, 3.8) is 0 Å². The highest BCUT2D eigenvalue weighted by Crippen LogP contribution is 2.13. The number of likely N-dealkylation sites (N-methyl/N-ethyl adjacent to an activating group) is 1. The molecule has 0 aliphatic rings. The SMILES string of the molecule is C=CCN(C)C/C(C)=C/CC/C(C)=C/C(=O)c1ccc(Br)cc1. The molecular weight excluding hydrogens is 350 g/mol. The summed E-state index contributed by atoms with van der Waals surface area (Å²) in [6, 6.07) is 7.47. The highest BCUT2D eigenvalue weighted by atomic mass is 79.9. The summed E-state index contributed by atoms with van der Waals surface area (Å²) >= 11 is 3.38. The van der Waals surface area contributed by atoms with Gasteiger partial charge in [0.25, 0.3) is 0 Å². The van der Waals surface area contributed by atoms with E-state index in [0.29, 0.717) is 0 Å². The van der Waals surface area contributed by atoms with Crippen LogP contribution in [0.25, 0.3) is 0 Å². The monoisotopic (exact) mass is 375 g/mol. The molecule has 0 saturated heterocycles. The lowest BCUT2D eigenvalue weighted by atomic mass is 10.1. The number of halogens is 1. The Hall–Kier alpha value is -1.45. The van der Waals surface area contributed by atoms with Gasteiger partial charge in [-0.3, -0.25) is 9.69 Å². The molecule has 124 valence electrons. The van der Waals surface area contributed by atoms with E-state index in [1.54, 1.807) is 6.08 Å². The maximum Gasteiger partial charge on any atom is 0.185 e. The third-order valence-corrected chi connectivity index (χ3v) is 4.03. The fraction of sp³-hybridized carbons (Fsp3) is 0.350. The molecule has 1 aromatic carbocycles. The van der Waals surface area contributed by atoms with Gasteiger partial charge in [-0.15, -0.1) is 6.58 Å². The van der Waals surface area contributed by atoms with E-state index in [4.69, 9.17) is 0 Å². The van der Waals surface area contributed by atoms with Crippen LogP contribution < -0.4 is 0 Å². The van der Waals surface area contributed by atoms with Gasteiger partial charge in [-0.1, -0.05) is 39.2 Å². The average molecular weight is 376 g/mol. The predicted molar refractivity (Wildman–Crippen MR) is 103 cm³/mol. The smallest absolute Gasteiger partial charge is 0.185 e. The third kappa shape index (κ3) is 8.10. The van der Waals surface area contributed by atoms with E-state index in [2.05, 4.69) is 47.5 Å². The van der Waals surface area contributed by atoms with Crippen molar-refractivity contribution in [1.29, 1.82) is 0 Å². The Balaban J connectivity index is 2.49. The number of benzene rings is 1. The molecule has 1 rings (SSSR count). The first kappa shape index (κ1) is 19.6. The lowest BCUT2D eigenvalue weighted by Crippen LogP contribution is -2.20. The molecule has 0 N–H and O–H groups in total. The molecule has 0 amide bonds. The first-order valence-corrected chi connectivity index (χ1v) is 8.64. The fourth-order valence-electron chi connectivity index (χ4n) is 2.31. The van der Waals surface area contributed by atoms with E-state index in [1.807, 2.05) is 37.3 Å². The highest BCUT2D eigenvalue weighted by molar-refractivity contribution is 9.10. The Kier molecular flexibility index (Phi) is 8.82. The van der Waals surface area contributed by atoms with Gasteiger partial charge >= 0.3 is 0 Å². The van der Waals surface area contributed by atoms with Crippen LogP contribution in [0, 0.1) is 0 Å². The molecule has 0 unspecified atom stereocenters. The van der Waals surface area contributed by atoms with Crippen molar-refractivity contribution in [2.24, 2.45) is 0 Å². The molecule has 1 aromatic rings. The Morgan fingerprint density at radius 3 is 2.48 bits per heavy atom. The molecule has 2 nitrogen and oxygen atoms in total. The normalized spacial score (nSPS) is 12.6. The van der Waals surface area contributed by atoms with Gasteiger partial charge in [0.15, 0.2) is 5.78 Å². The molecule has 0 aliphatic heterocycles. The molecule has 0 fully saturated rings. The quantitative estimate of drug-likeness (QED) is 0.326. The van der Waals surface area contributed by atoms with Crippen molar-refractivity contribution in [2.45, 2.75) is 26.7 Å². The van der Waals surface area contributed by atoms with Crippen LogP contribution in [0.5, 0.6) is 0 Å². The first-order valence-electron chi connectivity index (χ1n) is 7.84. The minimum atomic E-state index is 0.0708. The van der Waals surface area contributed by atoms with Gasteiger partial charge in [0, 0.05) is 23.1 Å². The molecular formula is C20H26BrNO. The molecule has 0 spiro atoms. The summed E-state index contributed by atoms with van der Waals surface area (Å²) in [5, 5.41) is 0. The first-order chi connectivity index (χ1) is 10.9.